The lowest BCUT2D eigenvalue weighted by molar-refractivity contribution is 0.0914. The molecular formula is C18H25N5O2. The second kappa shape index (κ2) is 9.52. The monoisotopic (exact) mass is 343 g/mol. The van der Waals surface area contributed by atoms with Crippen molar-refractivity contribution in [2.24, 2.45) is 4.99 Å². The second-order valence-corrected chi connectivity index (χ2v) is 5.65. The number of nitrogens with one attached hydrogen (secondary N) is 1. The van der Waals surface area contributed by atoms with Gasteiger partial charge in [0.1, 0.15) is 0 Å². The van der Waals surface area contributed by atoms with E-state index in [9.17, 15) is 4.79 Å². The van der Waals surface area contributed by atoms with Gasteiger partial charge in [0.15, 0.2) is 5.96 Å². The van der Waals surface area contributed by atoms with E-state index in [1.165, 1.54) is 0 Å². The molecule has 7 nitrogen and oxygen atoms in total. The van der Waals surface area contributed by atoms with Crippen molar-refractivity contribution in [2.45, 2.75) is 20.4 Å². The summed E-state index contributed by atoms with van der Waals surface area (Å²) in [6.45, 7) is 8.26. The van der Waals surface area contributed by atoms with Crippen molar-refractivity contribution in [3.63, 3.8) is 0 Å². The highest BCUT2D eigenvalue weighted by Gasteiger charge is 2.23. The number of ether oxygens (including phenoxy) is 1. The number of benzene rings is 1. The first-order valence-corrected chi connectivity index (χ1v) is 8.62. The van der Waals surface area contributed by atoms with E-state index >= 15 is 0 Å². The molecule has 2 rings (SSSR count). The average molecular weight is 343 g/mol. The van der Waals surface area contributed by atoms with Gasteiger partial charge in [-0.1, -0.05) is 12.1 Å². The molecule has 0 bridgehead atoms. The molecule has 0 saturated carbocycles. The average Bonchev–Trinajstić information content (AvgIpc) is 2.66. The van der Waals surface area contributed by atoms with Gasteiger partial charge in [0.25, 0.3) is 0 Å². The fraction of sp³-hybridized carbons (Fsp3) is 0.500. The van der Waals surface area contributed by atoms with Crippen molar-refractivity contribution in [3.05, 3.63) is 35.4 Å². The van der Waals surface area contributed by atoms with E-state index in [2.05, 4.69) is 21.3 Å². The van der Waals surface area contributed by atoms with Gasteiger partial charge in [0, 0.05) is 32.7 Å². The van der Waals surface area contributed by atoms with Gasteiger partial charge in [0.05, 0.1) is 24.8 Å². The highest BCUT2D eigenvalue weighted by atomic mass is 16.6. The molecule has 0 atom stereocenters. The number of amides is 1. The predicted octanol–water partition coefficient (Wildman–Crippen LogP) is 1.80. The molecule has 1 N–H and O–H groups in total. The summed E-state index contributed by atoms with van der Waals surface area (Å²) in [6, 6.07) is 9.56. The Morgan fingerprint density at radius 2 is 1.84 bits per heavy atom. The summed E-state index contributed by atoms with van der Waals surface area (Å²) < 4.78 is 5.05. The van der Waals surface area contributed by atoms with E-state index in [4.69, 9.17) is 10.00 Å². The van der Waals surface area contributed by atoms with Gasteiger partial charge in [-0.05, 0) is 31.5 Å². The van der Waals surface area contributed by atoms with E-state index in [0.717, 1.165) is 31.2 Å². The molecule has 1 fully saturated rings. The summed E-state index contributed by atoms with van der Waals surface area (Å²) in [5.74, 6) is 0.843. The Bertz CT molecular complexity index is 628. The number of carbonyl (C=O) groups excluding carboxylic acids is 1. The minimum absolute atomic E-state index is 0.248. The van der Waals surface area contributed by atoms with E-state index in [1.807, 2.05) is 26.0 Å². The first-order chi connectivity index (χ1) is 12.2. The molecule has 1 saturated heterocycles. The minimum Gasteiger partial charge on any atom is -0.450 e. The predicted molar refractivity (Wildman–Crippen MR) is 96.1 cm³/mol. The SMILES string of the molecule is CCNC(=NCc1ccc(C#N)cc1)N1CCN(C(=O)OCC)CC1. The zero-order valence-corrected chi connectivity index (χ0v) is 14.9. The Morgan fingerprint density at radius 1 is 1.20 bits per heavy atom. The van der Waals surface area contributed by atoms with Crippen LogP contribution in [0.5, 0.6) is 0 Å². The van der Waals surface area contributed by atoms with Gasteiger partial charge in [-0.3, -0.25) is 0 Å². The highest BCUT2D eigenvalue weighted by molar-refractivity contribution is 5.80. The molecular weight excluding hydrogens is 318 g/mol. The molecule has 1 aromatic rings. The van der Waals surface area contributed by atoms with E-state index in [-0.39, 0.29) is 6.09 Å². The lowest BCUT2D eigenvalue weighted by Gasteiger charge is -2.35. The Kier molecular flexibility index (Phi) is 7.08. The number of nitrogens with zero attached hydrogens (tertiary/aromatic N) is 4. The van der Waals surface area contributed by atoms with Crippen LogP contribution in [0.4, 0.5) is 4.79 Å². The standard InChI is InChI=1S/C18H25N5O2/c1-3-20-17(21-14-16-7-5-15(13-19)6-8-16)22-9-11-23(12-10-22)18(24)25-4-2/h5-8H,3-4,9-12,14H2,1-2H3,(H,20,21). The van der Waals surface area contributed by atoms with Gasteiger partial charge in [-0.25, -0.2) is 9.79 Å². The van der Waals surface area contributed by atoms with Gasteiger partial charge in [0.2, 0.25) is 0 Å². The van der Waals surface area contributed by atoms with E-state index in [1.54, 1.807) is 17.0 Å². The van der Waals surface area contributed by atoms with Crippen molar-refractivity contribution in [1.82, 2.24) is 15.1 Å². The van der Waals surface area contributed by atoms with Crippen molar-refractivity contribution < 1.29 is 9.53 Å². The molecule has 0 unspecified atom stereocenters. The molecule has 1 amide bonds. The van der Waals surface area contributed by atoms with Crippen molar-refractivity contribution in [3.8, 4) is 6.07 Å². The van der Waals surface area contributed by atoms with Gasteiger partial charge in [-0.15, -0.1) is 0 Å². The molecule has 1 heterocycles. The van der Waals surface area contributed by atoms with Crippen LogP contribution >= 0.6 is 0 Å². The fourth-order valence-corrected chi connectivity index (χ4v) is 2.59. The Labute approximate surface area is 148 Å². The number of guanidine groups is 1. The maximum atomic E-state index is 11.8. The van der Waals surface area contributed by atoms with E-state index < -0.39 is 0 Å². The minimum atomic E-state index is -0.248. The lowest BCUT2D eigenvalue weighted by Crippen LogP contribution is -2.53. The van der Waals surface area contributed by atoms with Crippen LogP contribution in [-0.2, 0) is 11.3 Å². The number of hydrogen-bond donors (Lipinski definition) is 1. The molecule has 0 spiro atoms. The summed E-state index contributed by atoms with van der Waals surface area (Å²) in [6.07, 6.45) is -0.248. The van der Waals surface area contributed by atoms with Gasteiger partial charge >= 0.3 is 6.09 Å². The molecule has 0 radical (unpaired) electrons. The number of rotatable bonds is 4. The van der Waals surface area contributed by atoms with Crippen molar-refractivity contribution in [2.75, 3.05) is 39.3 Å². The maximum Gasteiger partial charge on any atom is 0.409 e. The zero-order chi connectivity index (χ0) is 18.1. The number of piperazine rings is 1. The van der Waals surface area contributed by atoms with Crippen molar-refractivity contribution >= 4 is 12.1 Å². The Balaban J connectivity index is 1.95. The van der Waals surface area contributed by atoms with Crippen LogP contribution in [0.15, 0.2) is 29.3 Å². The molecule has 1 aliphatic heterocycles. The summed E-state index contributed by atoms with van der Waals surface area (Å²) >= 11 is 0. The number of nitriles is 1. The smallest absolute Gasteiger partial charge is 0.409 e. The largest absolute Gasteiger partial charge is 0.450 e. The summed E-state index contributed by atoms with van der Waals surface area (Å²) in [7, 11) is 0. The summed E-state index contributed by atoms with van der Waals surface area (Å²) in [4.78, 5) is 20.3. The number of carbonyl (C=O) groups is 1. The van der Waals surface area contributed by atoms with E-state index in [0.29, 0.717) is 31.8 Å². The molecule has 0 aliphatic carbocycles. The molecule has 25 heavy (non-hydrogen) atoms. The topological polar surface area (TPSA) is 81.0 Å². The molecule has 1 aromatic carbocycles. The third kappa shape index (κ3) is 5.38. The Hall–Kier alpha value is -2.75. The third-order valence-electron chi connectivity index (χ3n) is 3.93. The van der Waals surface area contributed by atoms with Crippen LogP contribution in [-0.4, -0.2) is 61.2 Å². The van der Waals surface area contributed by atoms with Crippen molar-refractivity contribution in [1.29, 1.82) is 5.26 Å². The molecule has 1 aliphatic rings. The quantitative estimate of drug-likeness (QED) is 0.666. The number of hydrogen-bond acceptors (Lipinski definition) is 4. The van der Waals surface area contributed by atoms with Crippen LogP contribution in [0.3, 0.4) is 0 Å². The zero-order valence-electron chi connectivity index (χ0n) is 14.9. The highest BCUT2D eigenvalue weighted by Crippen LogP contribution is 2.07. The molecule has 7 heteroatoms. The van der Waals surface area contributed by atoms with Crippen LogP contribution in [0.25, 0.3) is 0 Å². The van der Waals surface area contributed by atoms with Crippen LogP contribution < -0.4 is 5.32 Å². The summed E-state index contributed by atoms with van der Waals surface area (Å²) in [5, 5.41) is 12.2. The van der Waals surface area contributed by atoms with Crippen LogP contribution in [0, 0.1) is 11.3 Å². The van der Waals surface area contributed by atoms with Crippen LogP contribution in [0.1, 0.15) is 25.0 Å². The number of aliphatic imine (C=N–C) groups is 1. The first kappa shape index (κ1) is 18.6. The lowest BCUT2D eigenvalue weighted by atomic mass is 10.1. The normalized spacial score (nSPS) is 14.8. The first-order valence-electron chi connectivity index (χ1n) is 8.62. The fourth-order valence-electron chi connectivity index (χ4n) is 2.59. The van der Waals surface area contributed by atoms with Gasteiger partial charge in [-0.2, -0.15) is 5.26 Å². The van der Waals surface area contributed by atoms with Gasteiger partial charge < -0.3 is 19.9 Å². The molecule has 0 aromatic heterocycles. The second-order valence-electron chi connectivity index (χ2n) is 5.65. The third-order valence-corrected chi connectivity index (χ3v) is 3.93. The maximum absolute atomic E-state index is 11.8. The van der Waals surface area contributed by atoms with Crippen LogP contribution in [0.2, 0.25) is 0 Å². The Morgan fingerprint density at radius 3 is 2.40 bits per heavy atom. The summed E-state index contributed by atoms with van der Waals surface area (Å²) in [5.41, 5.74) is 1.70. The molecule has 134 valence electrons.